The SMILES string of the molecule is COCc1ccc(-c2cc(N)on2)cc1Br. The maximum atomic E-state index is 5.47. The molecule has 16 heavy (non-hydrogen) atoms. The van der Waals surface area contributed by atoms with Crippen LogP contribution >= 0.6 is 15.9 Å². The monoisotopic (exact) mass is 282 g/mol. The molecule has 0 radical (unpaired) electrons. The van der Waals surface area contributed by atoms with Crippen molar-refractivity contribution in [2.75, 3.05) is 12.8 Å². The second-order valence-corrected chi connectivity index (χ2v) is 4.21. The van der Waals surface area contributed by atoms with Crippen molar-refractivity contribution in [2.24, 2.45) is 0 Å². The lowest BCUT2D eigenvalue weighted by Gasteiger charge is -2.04. The Morgan fingerprint density at radius 1 is 1.44 bits per heavy atom. The number of halogens is 1. The first-order valence-electron chi connectivity index (χ1n) is 4.70. The summed E-state index contributed by atoms with van der Waals surface area (Å²) in [6.45, 7) is 0.571. The minimum atomic E-state index is 0.312. The maximum Gasteiger partial charge on any atom is 0.222 e. The van der Waals surface area contributed by atoms with Crippen molar-refractivity contribution in [3.05, 3.63) is 34.3 Å². The Hall–Kier alpha value is -1.33. The number of hydrogen-bond acceptors (Lipinski definition) is 4. The summed E-state index contributed by atoms with van der Waals surface area (Å²) in [7, 11) is 1.67. The molecule has 0 fully saturated rings. The van der Waals surface area contributed by atoms with Crippen LogP contribution in [0.2, 0.25) is 0 Å². The van der Waals surface area contributed by atoms with Crippen LogP contribution in [-0.2, 0) is 11.3 Å². The van der Waals surface area contributed by atoms with Crippen molar-refractivity contribution in [3.63, 3.8) is 0 Å². The Morgan fingerprint density at radius 3 is 2.81 bits per heavy atom. The minimum absolute atomic E-state index is 0.312. The van der Waals surface area contributed by atoms with E-state index in [2.05, 4.69) is 21.1 Å². The van der Waals surface area contributed by atoms with Crippen molar-refractivity contribution < 1.29 is 9.26 Å². The van der Waals surface area contributed by atoms with E-state index >= 15 is 0 Å². The number of methoxy groups -OCH3 is 1. The van der Waals surface area contributed by atoms with Gasteiger partial charge in [0.2, 0.25) is 5.88 Å². The van der Waals surface area contributed by atoms with E-state index in [1.54, 1.807) is 13.2 Å². The van der Waals surface area contributed by atoms with Gasteiger partial charge in [-0.1, -0.05) is 33.2 Å². The zero-order valence-electron chi connectivity index (χ0n) is 8.74. The third kappa shape index (κ3) is 2.25. The molecule has 0 aliphatic rings. The number of anilines is 1. The van der Waals surface area contributed by atoms with Crippen LogP contribution in [0.25, 0.3) is 11.3 Å². The highest BCUT2D eigenvalue weighted by Gasteiger charge is 2.07. The first-order valence-corrected chi connectivity index (χ1v) is 5.50. The molecular formula is C11H11BrN2O2. The van der Waals surface area contributed by atoms with E-state index < -0.39 is 0 Å². The predicted molar refractivity (Wildman–Crippen MR) is 64.8 cm³/mol. The van der Waals surface area contributed by atoms with Crippen LogP contribution in [0, 0.1) is 0 Å². The minimum Gasteiger partial charge on any atom is -0.380 e. The molecule has 84 valence electrons. The van der Waals surface area contributed by atoms with Crippen LogP contribution in [0.5, 0.6) is 0 Å². The van der Waals surface area contributed by atoms with Crippen LogP contribution in [0.3, 0.4) is 0 Å². The highest BCUT2D eigenvalue weighted by atomic mass is 79.9. The summed E-state index contributed by atoms with van der Waals surface area (Å²) < 4.78 is 10.9. The lowest BCUT2D eigenvalue weighted by atomic mass is 10.1. The van der Waals surface area contributed by atoms with Gasteiger partial charge in [-0.2, -0.15) is 0 Å². The van der Waals surface area contributed by atoms with Gasteiger partial charge in [-0.15, -0.1) is 0 Å². The molecule has 0 saturated carbocycles. The van der Waals surface area contributed by atoms with Crippen LogP contribution in [-0.4, -0.2) is 12.3 Å². The normalized spacial score (nSPS) is 10.6. The number of nitrogen functional groups attached to an aromatic ring is 1. The van der Waals surface area contributed by atoms with Crippen molar-refractivity contribution >= 4 is 21.8 Å². The third-order valence-corrected chi connectivity index (χ3v) is 2.92. The molecule has 0 unspecified atom stereocenters. The van der Waals surface area contributed by atoms with Gasteiger partial charge in [0.15, 0.2) is 0 Å². The van der Waals surface area contributed by atoms with E-state index in [1.807, 2.05) is 18.2 Å². The zero-order chi connectivity index (χ0) is 11.5. The second-order valence-electron chi connectivity index (χ2n) is 3.35. The number of benzene rings is 1. The standard InChI is InChI=1S/C11H11BrN2O2/c1-15-6-8-3-2-7(4-9(8)12)10-5-11(13)16-14-10/h2-5H,6,13H2,1H3. The summed E-state index contributed by atoms with van der Waals surface area (Å²) >= 11 is 3.48. The molecule has 0 spiro atoms. The van der Waals surface area contributed by atoms with Crippen LogP contribution in [0.15, 0.2) is 33.3 Å². The fraction of sp³-hybridized carbons (Fsp3) is 0.182. The summed E-state index contributed by atoms with van der Waals surface area (Å²) in [5.74, 6) is 0.312. The molecule has 2 aromatic rings. The van der Waals surface area contributed by atoms with E-state index in [9.17, 15) is 0 Å². The summed E-state index contributed by atoms with van der Waals surface area (Å²) in [4.78, 5) is 0. The van der Waals surface area contributed by atoms with Crippen LogP contribution in [0.4, 0.5) is 5.88 Å². The molecule has 0 amide bonds. The molecule has 0 aliphatic carbocycles. The van der Waals surface area contributed by atoms with Gasteiger partial charge in [0, 0.05) is 23.2 Å². The third-order valence-electron chi connectivity index (χ3n) is 2.18. The largest absolute Gasteiger partial charge is 0.380 e. The average molecular weight is 283 g/mol. The molecule has 2 rings (SSSR count). The molecule has 0 saturated heterocycles. The summed E-state index contributed by atoms with van der Waals surface area (Å²) in [5, 5.41) is 3.85. The Morgan fingerprint density at radius 2 is 2.25 bits per heavy atom. The van der Waals surface area contributed by atoms with Crippen LogP contribution in [0.1, 0.15) is 5.56 Å². The van der Waals surface area contributed by atoms with E-state index in [-0.39, 0.29) is 0 Å². The van der Waals surface area contributed by atoms with Gasteiger partial charge < -0.3 is 15.0 Å². The first-order chi connectivity index (χ1) is 7.70. The highest BCUT2D eigenvalue weighted by Crippen LogP contribution is 2.26. The van der Waals surface area contributed by atoms with Crippen LogP contribution < -0.4 is 5.73 Å². The number of rotatable bonds is 3. The molecule has 2 N–H and O–H groups in total. The molecule has 1 aromatic carbocycles. The average Bonchev–Trinajstić information content (AvgIpc) is 2.68. The fourth-order valence-electron chi connectivity index (χ4n) is 1.40. The lowest BCUT2D eigenvalue weighted by Crippen LogP contribution is -1.89. The Balaban J connectivity index is 2.34. The number of hydrogen-bond donors (Lipinski definition) is 1. The molecule has 5 heteroatoms. The number of nitrogens with zero attached hydrogens (tertiary/aromatic N) is 1. The van der Waals surface area contributed by atoms with Gasteiger partial charge in [-0.3, -0.25) is 0 Å². The van der Waals surface area contributed by atoms with Gasteiger partial charge in [0.05, 0.1) is 6.61 Å². The quantitative estimate of drug-likeness (QED) is 0.940. The van der Waals surface area contributed by atoms with Gasteiger partial charge in [0.25, 0.3) is 0 Å². The molecule has 0 bridgehead atoms. The number of aromatic nitrogens is 1. The Labute approximate surface area is 102 Å². The summed E-state index contributed by atoms with van der Waals surface area (Å²) in [6, 6.07) is 7.59. The van der Waals surface area contributed by atoms with Gasteiger partial charge in [-0.05, 0) is 11.6 Å². The first kappa shape index (κ1) is 11.2. The maximum absolute atomic E-state index is 5.47. The van der Waals surface area contributed by atoms with Gasteiger partial charge in [-0.25, -0.2) is 0 Å². The van der Waals surface area contributed by atoms with Gasteiger partial charge >= 0.3 is 0 Å². The van der Waals surface area contributed by atoms with Gasteiger partial charge in [0.1, 0.15) is 5.69 Å². The van der Waals surface area contributed by atoms with Crippen molar-refractivity contribution in [1.82, 2.24) is 5.16 Å². The zero-order valence-corrected chi connectivity index (χ0v) is 10.3. The lowest BCUT2D eigenvalue weighted by molar-refractivity contribution is 0.184. The second kappa shape index (κ2) is 4.67. The highest BCUT2D eigenvalue weighted by molar-refractivity contribution is 9.10. The van der Waals surface area contributed by atoms with Crippen molar-refractivity contribution in [3.8, 4) is 11.3 Å². The van der Waals surface area contributed by atoms with Crippen molar-refractivity contribution in [2.45, 2.75) is 6.61 Å². The predicted octanol–water partition coefficient (Wildman–Crippen LogP) is 2.83. The van der Waals surface area contributed by atoms with Crippen molar-refractivity contribution in [1.29, 1.82) is 0 Å². The van der Waals surface area contributed by atoms with E-state index in [0.29, 0.717) is 12.5 Å². The van der Waals surface area contributed by atoms with E-state index in [4.69, 9.17) is 15.0 Å². The number of nitrogens with two attached hydrogens (primary N) is 1. The Kier molecular flexibility index (Phi) is 3.26. The number of ether oxygens (including phenoxy) is 1. The molecule has 1 heterocycles. The Bertz CT molecular complexity index is 496. The molecule has 1 aromatic heterocycles. The molecular weight excluding hydrogens is 272 g/mol. The van der Waals surface area contributed by atoms with E-state index in [0.717, 1.165) is 21.3 Å². The topological polar surface area (TPSA) is 61.3 Å². The fourth-order valence-corrected chi connectivity index (χ4v) is 1.90. The summed E-state index contributed by atoms with van der Waals surface area (Å²) in [5.41, 5.74) is 8.23. The summed E-state index contributed by atoms with van der Waals surface area (Å²) in [6.07, 6.45) is 0. The van der Waals surface area contributed by atoms with E-state index in [1.165, 1.54) is 0 Å². The smallest absolute Gasteiger partial charge is 0.222 e. The molecule has 4 nitrogen and oxygen atoms in total. The molecule has 0 atom stereocenters. The molecule has 0 aliphatic heterocycles.